The topological polar surface area (TPSA) is 108 Å². The van der Waals surface area contributed by atoms with E-state index in [0.717, 1.165) is 43.8 Å². The number of aliphatic hydroxyl groups is 1. The first-order valence-electron chi connectivity index (χ1n) is 10.6. The quantitative estimate of drug-likeness (QED) is 0.495. The van der Waals surface area contributed by atoms with Crippen molar-refractivity contribution in [1.82, 2.24) is 20.7 Å². The number of likely N-dealkylation sites (tertiary alicyclic amines) is 1. The van der Waals surface area contributed by atoms with Crippen LogP contribution in [0.3, 0.4) is 0 Å². The standard InChI is InChI=1S/C21H28N4O4S/c26-16-9-15(10-16)23-20(27)14-12-25(13-14)7-3-1-2-6-22-21(28)17-11-18(29-24-17)19-5-4-8-30-19/h4-5,8,11,14-16,26H,1-3,6-7,9-10,12-13H2,(H,22,28)(H,23,27)/t15-,16+. The predicted molar refractivity (Wildman–Crippen MR) is 113 cm³/mol. The van der Waals surface area contributed by atoms with Gasteiger partial charge in [0.25, 0.3) is 5.91 Å². The summed E-state index contributed by atoms with van der Waals surface area (Å²) in [5.41, 5.74) is 0.305. The Balaban J connectivity index is 1.03. The van der Waals surface area contributed by atoms with Gasteiger partial charge in [0.05, 0.1) is 16.9 Å². The van der Waals surface area contributed by atoms with Crippen LogP contribution in [-0.4, -0.2) is 65.3 Å². The predicted octanol–water partition coefficient (Wildman–Crippen LogP) is 1.87. The normalized spacial score (nSPS) is 21.6. The number of rotatable bonds is 10. The first kappa shape index (κ1) is 21.0. The number of carbonyl (C=O) groups excluding carboxylic acids is 2. The molecule has 0 bridgehead atoms. The van der Waals surface area contributed by atoms with Gasteiger partial charge in [-0.1, -0.05) is 17.6 Å². The highest BCUT2D eigenvalue weighted by Gasteiger charge is 2.35. The van der Waals surface area contributed by atoms with Crippen molar-refractivity contribution in [3.8, 4) is 10.6 Å². The molecule has 2 amide bonds. The SMILES string of the molecule is O=C(NCCCCCN1CC(C(=O)N[C@H]2C[C@@H](O)C2)C1)c1cc(-c2cccs2)on1. The fourth-order valence-corrected chi connectivity index (χ4v) is 4.46. The van der Waals surface area contributed by atoms with E-state index in [2.05, 4.69) is 20.7 Å². The highest BCUT2D eigenvalue weighted by molar-refractivity contribution is 7.13. The van der Waals surface area contributed by atoms with Gasteiger partial charge in [-0.2, -0.15) is 0 Å². The highest BCUT2D eigenvalue weighted by Crippen LogP contribution is 2.25. The van der Waals surface area contributed by atoms with Gasteiger partial charge in [0.1, 0.15) is 0 Å². The molecule has 0 aromatic carbocycles. The summed E-state index contributed by atoms with van der Waals surface area (Å²) < 4.78 is 5.24. The molecule has 30 heavy (non-hydrogen) atoms. The monoisotopic (exact) mass is 432 g/mol. The second kappa shape index (κ2) is 9.72. The molecule has 3 N–H and O–H groups in total. The lowest BCUT2D eigenvalue weighted by atomic mass is 9.88. The molecule has 9 heteroatoms. The van der Waals surface area contributed by atoms with Crippen molar-refractivity contribution in [3.05, 3.63) is 29.3 Å². The lowest BCUT2D eigenvalue weighted by Crippen LogP contribution is -2.57. The Bertz CT molecular complexity index is 841. The van der Waals surface area contributed by atoms with E-state index < -0.39 is 0 Å². The molecule has 2 fully saturated rings. The summed E-state index contributed by atoms with van der Waals surface area (Å²) in [4.78, 5) is 27.5. The molecule has 1 aliphatic heterocycles. The summed E-state index contributed by atoms with van der Waals surface area (Å²) in [6, 6.07) is 5.69. The summed E-state index contributed by atoms with van der Waals surface area (Å²) in [7, 11) is 0. The van der Waals surface area contributed by atoms with Crippen molar-refractivity contribution in [2.24, 2.45) is 5.92 Å². The number of nitrogens with one attached hydrogen (secondary N) is 2. The highest BCUT2D eigenvalue weighted by atomic mass is 32.1. The zero-order valence-electron chi connectivity index (χ0n) is 16.9. The summed E-state index contributed by atoms with van der Waals surface area (Å²) >= 11 is 1.54. The number of nitrogens with zero attached hydrogens (tertiary/aromatic N) is 2. The summed E-state index contributed by atoms with van der Waals surface area (Å²) in [6.07, 6.45) is 4.11. The van der Waals surface area contributed by atoms with Gasteiger partial charge in [0, 0.05) is 31.7 Å². The van der Waals surface area contributed by atoms with Gasteiger partial charge in [-0.05, 0) is 43.7 Å². The van der Waals surface area contributed by atoms with Crippen LogP contribution in [0, 0.1) is 5.92 Å². The van der Waals surface area contributed by atoms with Crippen LogP contribution in [0.4, 0.5) is 0 Å². The summed E-state index contributed by atoms with van der Waals surface area (Å²) in [5, 5.41) is 21.0. The lowest BCUT2D eigenvalue weighted by Gasteiger charge is -2.40. The molecule has 2 aromatic heterocycles. The molecule has 0 atom stereocenters. The van der Waals surface area contributed by atoms with Gasteiger partial charge in [-0.25, -0.2) is 0 Å². The van der Waals surface area contributed by atoms with Crippen LogP contribution < -0.4 is 10.6 Å². The summed E-state index contributed by atoms with van der Waals surface area (Å²) in [5.74, 6) is 0.614. The Labute approximate surface area is 179 Å². The van der Waals surface area contributed by atoms with Gasteiger partial charge in [0.15, 0.2) is 11.5 Å². The van der Waals surface area contributed by atoms with Crippen LogP contribution in [0.2, 0.25) is 0 Å². The molecule has 1 saturated heterocycles. The number of amides is 2. The average Bonchev–Trinajstić information content (AvgIpc) is 3.35. The van der Waals surface area contributed by atoms with Crippen LogP contribution in [0.5, 0.6) is 0 Å². The van der Waals surface area contributed by atoms with Crippen LogP contribution in [0.1, 0.15) is 42.6 Å². The Morgan fingerprint density at radius 1 is 1.27 bits per heavy atom. The molecule has 0 spiro atoms. The Morgan fingerprint density at radius 3 is 2.83 bits per heavy atom. The molecule has 0 unspecified atom stereocenters. The number of aromatic nitrogens is 1. The second-order valence-corrected chi connectivity index (χ2v) is 9.11. The van der Waals surface area contributed by atoms with E-state index in [9.17, 15) is 14.7 Å². The molecule has 2 aliphatic rings. The maximum atomic E-state index is 12.2. The van der Waals surface area contributed by atoms with Crippen LogP contribution in [0.15, 0.2) is 28.1 Å². The first-order valence-corrected chi connectivity index (χ1v) is 11.5. The Morgan fingerprint density at radius 2 is 2.10 bits per heavy atom. The van der Waals surface area contributed by atoms with E-state index in [1.165, 1.54) is 0 Å². The largest absolute Gasteiger partial charge is 0.393 e. The smallest absolute Gasteiger partial charge is 0.273 e. The van der Waals surface area contributed by atoms with Crippen LogP contribution >= 0.6 is 11.3 Å². The van der Waals surface area contributed by atoms with Gasteiger partial charge in [-0.3, -0.25) is 9.59 Å². The molecule has 1 saturated carbocycles. The molecule has 2 aromatic rings. The minimum absolute atomic E-state index is 0.0866. The number of hydrogen-bond donors (Lipinski definition) is 3. The molecule has 0 radical (unpaired) electrons. The fraction of sp³-hybridized carbons (Fsp3) is 0.571. The average molecular weight is 433 g/mol. The third-order valence-electron chi connectivity index (χ3n) is 5.73. The number of hydrogen-bond acceptors (Lipinski definition) is 7. The van der Waals surface area contributed by atoms with Crippen molar-refractivity contribution in [2.45, 2.75) is 44.2 Å². The van der Waals surface area contributed by atoms with Gasteiger partial charge in [-0.15, -0.1) is 11.3 Å². The molecule has 3 heterocycles. The van der Waals surface area contributed by atoms with Crippen molar-refractivity contribution in [3.63, 3.8) is 0 Å². The maximum Gasteiger partial charge on any atom is 0.273 e. The zero-order chi connectivity index (χ0) is 20.9. The third kappa shape index (κ3) is 5.27. The van der Waals surface area contributed by atoms with Gasteiger partial charge in [0.2, 0.25) is 5.91 Å². The van der Waals surface area contributed by atoms with Crippen LogP contribution in [-0.2, 0) is 4.79 Å². The van der Waals surface area contributed by atoms with Gasteiger partial charge >= 0.3 is 0 Å². The molecule has 162 valence electrons. The van der Waals surface area contributed by atoms with Crippen molar-refractivity contribution >= 4 is 23.2 Å². The summed E-state index contributed by atoms with van der Waals surface area (Å²) in [6.45, 7) is 3.22. The van der Waals surface area contributed by atoms with Crippen molar-refractivity contribution < 1.29 is 19.2 Å². The maximum absolute atomic E-state index is 12.2. The van der Waals surface area contributed by atoms with E-state index in [1.807, 2.05) is 17.5 Å². The number of carbonyl (C=O) groups is 2. The number of thiophene rings is 1. The van der Waals surface area contributed by atoms with Crippen LogP contribution in [0.25, 0.3) is 10.6 Å². The first-order chi connectivity index (χ1) is 14.6. The minimum atomic E-state index is -0.238. The van der Waals surface area contributed by atoms with E-state index in [4.69, 9.17) is 4.52 Å². The van der Waals surface area contributed by atoms with E-state index in [0.29, 0.717) is 30.8 Å². The third-order valence-corrected chi connectivity index (χ3v) is 6.62. The van der Waals surface area contributed by atoms with E-state index in [1.54, 1.807) is 17.4 Å². The fourth-order valence-electron chi connectivity index (χ4n) is 3.79. The Hall–Kier alpha value is -2.23. The van der Waals surface area contributed by atoms with Gasteiger partial charge < -0.3 is 25.2 Å². The van der Waals surface area contributed by atoms with E-state index in [-0.39, 0.29) is 29.9 Å². The van der Waals surface area contributed by atoms with E-state index >= 15 is 0 Å². The molecule has 1 aliphatic carbocycles. The number of unbranched alkanes of at least 4 members (excludes halogenated alkanes) is 2. The molecular formula is C21H28N4O4S. The second-order valence-electron chi connectivity index (χ2n) is 8.16. The number of aliphatic hydroxyl groups excluding tert-OH is 1. The molecule has 8 nitrogen and oxygen atoms in total. The Kier molecular flexibility index (Phi) is 6.81. The molecule has 4 rings (SSSR count). The van der Waals surface area contributed by atoms with Crippen molar-refractivity contribution in [2.75, 3.05) is 26.2 Å². The van der Waals surface area contributed by atoms with Crippen molar-refractivity contribution in [1.29, 1.82) is 0 Å². The lowest BCUT2D eigenvalue weighted by molar-refractivity contribution is -0.132. The minimum Gasteiger partial charge on any atom is -0.393 e. The molecular weight excluding hydrogens is 404 g/mol. The zero-order valence-corrected chi connectivity index (χ0v) is 17.7.